The number of furan rings is 1. The van der Waals surface area contributed by atoms with E-state index in [1.807, 2.05) is 0 Å². The molecule has 0 spiro atoms. The topological polar surface area (TPSA) is 16.4 Å². The Morgan fingerprint density at radius 3 is 1.68 bits per heavy atom. The van der Waals surface area contributed by atoms with Crippen LogP contribution in [0.4, 0.5) is 34.1 Å². The van der Waals surface area contributed by atoms with Gasteiger partial charge in [0.15, 0.2) is 11.4 Å². The van der Waals surface area contributed by atoms with E-state index in [0.29, 0.717) is 4.48 Å². The number of nitrogens with zero attached hydrogens (tertiary/aromatic N) is 2. The fraction of sp³-hybridized carbons (Fsp3) is 0.0169. The zero-order chi connectivity index (χ0) is 41.2. The molecule has 3 nitrogen and oxygen atoms in total. The minimum absolute atomic E-state index is 0.440. The van der Waals surface area contributed by atoms with Crippen LogP contribution in [0.3, 0.4) is 0 Å². The molecule has 62 heavy (non-hydrogen) atoms. The normalized spacial score (nSPS) is 14.3. The zero-order valence-corrected chi connectivity index (χ0v) is 34.2. The third kappa shape index (κ3) is 5.63. The largest absolute Gasteiger partial charge is 0.456 e. The van der Waals surface area contributed by atoms with E-state index in [1.165, 1.54) is 66.8 Å². The number of hydrogen-bond acceptors (Lipinski definition) is 2. The molecule has 0 saturated carbocycles. The molecule has 1 aliphatic heterocycles. The molecular formula is C59H41N2O+. The molecule has 0 amide bonds. The van der Waals surface area contributed by atoms with Gasteiger partial charge in [-0.25, -0.2) is 4.48 Å². The Kier molecular flexibility index (Phi) is 8.31. The summed E-state index contributed by atoms with van der Waals surface area (Å²) in [6.07, 6.45) is 0. The van der Waals surface area contributed by atoms with Gasteiger partial charge in [-0.1, -0.05) is 170 Å². The van der Waals surface area contributed by atoms with E-state index in [0.717, 1.165) is 44.6 Å². The first kappa shape index (κ1) is 35.9. The van der Waals surface area contributed by atoms with Crippen molar-refractivity contribution in [2.45, 2.75) is 0 Å². The third-order valence-corrected chi connectivity index (χ3v) is 12.9. The number of para-hydroxylation sites is 3. The van der Waals surface area contributed by atoms with Crippen molar-refractivity contribution in [3.63, 3.8) is 0 Å². The lowest BCUT2D eigenvalue weighted by molar-refractivity contribution is 0.637. The van der Waals surface area contributed by atoms with Crippen molar-refractivity contribution in [1.82, 2.24) is 4.48 Å². The Balaban J connectivity index is 1.16. The minimum atomic E-state index is 0.440. The predicted octanol–water partition coefficient (Wildman–Crippen LogP) is 16.8. The number of rotatable bonds is 7. The molecular weight excluding hydrogens is 753 g/mol. The molecule has 292 valence electrons. The van der Waals surface area contributed by atoms with Crippen LogP contribution in [-0.2, 0) is 0 Å². The second-order valence-corrected chi connectivity index (χ2v) is 16.4. The molecule has 1 aromatic heterocycles. The van der Waals surface area contributed by atoms with Gasteiger partial charge in [-0.05, 0) is 93.2 Å². The van der Waals surface area contributed by atoms with Crippen LogP contribution < -0.4 is 9.38 Å². The van der Waals surface area contributed by atoms with Gasteiger partial charge in [-0.2, -0.15) is 0 Å². The van der Waals surface area contributed by atoms with E-state index in [4.69, 9.17) is 4.42 Å². The highest BCUT2D eigenvalue weighted by molar-refractivity contribution is 6.22. The summed E-state index contributed by atoms with van der Waals surface area (Å²) in [6, 6.07) is 83.5. The highest BCUT2D eigenvalue weighted by atomic mass is 16.3. The van der Waals surface area contributed by atoms with Crippen molar-refractivity contribution in [3.05, 3.63) is 231 Å². The lowest BCUT2D eigenvalue weighted by Gasteiger charge is -2.35. The maximum Gasteiger partial charge on any atom is 0.175 e. The molecule has 0 aliphatic carbocycles. The van der Waals surface area contributed by atoms with Crippen LogP contribution in [0.15, 0.2) is 235 Å². The van der Waals surface area contributed by atoms with Crippen molar-refractivity contribution in [2.24, 2.45) is 0 Å². The SMILES string of the molecule is C[N+]1(c2ccccc2)c2cc3oc4ccccc4c3c(-c3ccc(-c4ccccc4)cc3)c2-c2cccc(N(c3ccc(-c4ccccc4)cc3)c3ccc4ccccc4c3)c21. The molecule has 0 radical (unpaired) electrons. The van der Waals surface area contributed by atoms with Crippen molar-refractivity contribution in [1.29, 1.82) is 0 Å². The van der Waals surface area contributed by atoms with Gasteiger partial charge < -0.3 is 9.32 Å². The van der Waals surface area contributed by atoms with E-state index < -0.39 is 0 Å². The number of quaternary nitrogens is 1. The lowest BCUT2D eigenvalue weighted by atomic mass is 9.89. The number of hydrogen-bond donors (Lipinski definition) is 0. The van der Waals surface area contributed by atoms with E-state index in [2.05, 4.69) is 242 Å². The van der Waals surface area contributed by atoms with Gasteiger partial charge in [-0.3, -0.25) is 0 Å². The Hall–Kier alpha value is -7.98. The van der Waals surface area contributed by atoms with Crippen molar-refractivity contribution in [3.8, 4) is 44.5 Å². The molecule has 12 rings (SSSR count). The minimum Gasteiger partial charge on any atom is -0.456 e. The van der Waals surface area contributed by atoms with Crippen LogP contribution in [0.1, 0.15) is 0 Å². The number of anilines is 3. The van der Waals surface area contributed by atoms with E-state index in [9.17, 15) is 0 Å². The third-order valence-electron chi connectivity index (χ3n) is 12.9. The Bertz CT molecular complexity index is 3450. The first-order valence-corrected chi connectivity index (χ1v) is 21.3. The Morgan fingerprint density at radius 2 is 0.968 bits per heavy atom. The van der Waals surface area contributed by atoms with E-state index >= 15 is 0 Å². The van der Waals surface area contributed by atoms with E-state index in [1.54, 1.807) is 0 Å². The summed E-state index contributed by atoms with van der Waals surface area (Å²) >= 11 is 0. The molecule has 1 atom stereocenters. The molecule has 10 aromatic carbocycles. The van der Waals surface area contributed by atoms with Crippen LogP contribution in [0.25, 0.3) is 77.2 Å². The maximum atomic E-state index is 6.85. The highest BCUT2D eigenvalue weighted by Crippen LogP contribution is 2.64. The first-order valence-electron chi connectivity index (χ1n) is 21.3. The fourth-order valence-corrected chi connectivity index (χ4v) is 9.92. The van der Waals surface area contributed by atoms with Gasteiger partial charge in [0.05, 0.1) is 18.2 Å². The van der Waals surface area contributed by atoms with Gasteiger partial charge in [-0.15, -0.1) is 0 Å². The molecule has 0 bridgehead atoms. The smallest absolute Gasteiger partial charge is 0.175 e. The molecule has 1 aliphatic rings. The number of fused-ring (bicyclic) bond motifs is 7. The molecule has 1 unspecified atom stereocenters. The van der Waals surface area contributed by atoms with Crippen molar-refractivity contribution >= 4 is 66.8 Å². The first-order chi connectivity index (χ1) is 30.6. The van der Waals surface area contributed by atoms with Crippen LogP contribution in [0.2, 0.25) is 0 Å². The summed E-state index contributed by atoms with van der Waals surface area (Å²) in [5, 5.41) is 4.65. The van der Waals surface area contributed by atoms with Gasteiger partial charge in [0.1, 0.15) is 22.5 Å². The van der Waals surface area contributed by atoms with Gasteiger partial charge >= 0.3 is 0 Å². The molecule has 0 N–H and O–H groups in total. The fourth-order valence-electron chi connectivity index (χ4n) is 9.92. The summed E-state index contributed by atoms with van der Waals surface area (Å²) < 4.78 is 7.29. The molecule has 3 heteroatoms. The average Bonchev–Trinajstić information content (AvgIpc) is 3.85. The summed E-state index contributed by atoms with van der Waals surface area (Å²) in [5.74, 6) is 0. The zero-order valence-electron chi connectivity index (χ0n) is 34.2. The van der Waals surface area contributed by atoms with Crippen LogP contribution in [-0.4, -0.2) is 7.05 Å². The second-order valence-electron chi connectivity index (χ2n) is 16.4. The Morgan fingerprint density at radius 1 is 0.403 bits per heavy atom. The van der Waals surface area contributed by atoms with Gasteiger partial charge in [0, 0.05) is 33.8 Å². The van der Waals surface area contributed by atoms with Crippen molar-refractivity contribution < 1.29 is 4.42 Å². The maximum absolute atomic E-state index is 6.85. The summed E-state index contributed by atoms with van der Waals surface area (Å²) in [5.41, 5.74) is 18.1. The van der Waals surface area contributed by atoms with Crippen LogP contribution in [0.5, 0.6) is 0 Å². The monoisotopic (exact) mass is 793 g/mol. The summed E-state index contributed by atoms with van der Waals surface area (Å²) in [4.78, 5) is 2.46. The molecule has 11 aromatic rings. The molecule has 0 fully saturated rings. The molecule has 0 saturated heterocycles. The van der Waals surface area contributed by atoms with E-state index in [-0.39, 0.29) is 0 Å². The van der Waals surface area contributed by atoms with Crippen LogP contribution in [0, 0.1) is 0 Å². The highest BCUT2D eigenvalue weighted by Gasteiger charge is 2.48. The summed E-state index contributed by atoms with van der Waals surface area (Å²) in [6.45, 7) is 0. The predicted molar refractivity (Wildman–Crippen MR) is 261 cm³/mol. The second kappa shape index (κ2) is 14.3. The lowest BCUT2D eigenvalue weighted by Crippen LogP contribution is -2.33. The average molecular weight is 794 g/mol. The van der Waals surface area contributed by atoms with Crippen molar-refractivity contribution in [2.75, 3.05) is 11.9 Å². The van der Waals surface area contributed by atoms with Crippen LogP contribution >= 0.6 is 0 Å². The quantitative estimate of drug-likeness (QED) is 0.149. The molecule has 2 heterocycles. The van der Waals surface area contributed by atoms with Gasteiger partial charge in [0.25, 0.3) is 0 Å². The summed E-state index contributed by atoms with van der Waals surface area (Å²) in [7, 11) is 2.36. The standard InChI is InChI=1S/C59H41N2O/c1-61(49-22-9-4-10-23-49)53-39-55-58(50-24-13-14-27-54(50)62-55)56(45-30-28-43(29-31-45)40-16-5-2-6-17-40)57(53)51-25-15-26-52(59(51)61)60(48-37-34-42-20-11-12-21-46(42)38-48)47-35-32-44(33-36-47)41-18-7-3-8-19-41/h2-39H,1H3/q+1. The van der Waals surface area contributed by atoms with Gasteiger partial charge in [0.2, 0.25) is 0 Å². The Labute approximate surface area is 361 Å². The number of benzene rings is 10.